The van der Waals surface area contributed by atoms with Crippen LogP contribution in [0.1, 0.15) is 258 Å². The molecular formula is C45H86O4. The Balaban J connectivity index is 2.32. The Morgan fingerprint density at radius 1 is 0.449 bits per heavy atom. The monoisotopic (exact) mass is 691 g/mol. The van der Waals surface area contributed by atoms with Gasteiger partial charge in [0.05, 0.1) is 10.8 Å². The van der Waals surface area contributed by atoms with Gasteiger partial charge in [0.25, 0.3) is 0 Å². The van der Waals surface area contributed by atoms with Crippen molar-refractivity contribution in [1.29, 1.82) is 0 Å². The summed E-state index contributed by atoms with van der Waals surface area (Å²) in [5.74, 6) is -1.79. The summed E-state index contributed by atoms with van der Waals surface area (Å²) < 4.78 is 0. The van der Waals surface area contributed by atoms with Crippen molar-refractivity contribution < 1.29 is 19.8 Å². The molecule has 1 aliphatic carbocycles. The van der Waals surface area contributed by atoms with E-state index in [1.54, 1.807) is 0 Å². The molecule has 0 aliphatic heterocycles. The predicted octanol–water partition coefficient (Wildman–Crippen LogP) is 15.3. The molecule has 0 bridgehead atoms. The van der Waals surface area contributed by atoms with E-state index in [-0.39, 0.29) is 5.92 Å². The van der Waals surface area contributed by atoms with E-state index >= 15 is 0 Å². The molecular weight excluding hydrogens is 604 g/mol. The van der Waals surface area contributed by atoms with Crippen LogP contribution in [0.2, 0.25) is 0 Å². The Hall–Kier alpha value is -1.06. The van der Waals surface area contributed by atoms with Crippen LogP contribution in [0.4, 0.5) is 0 Å². The van der Waals surface area contributed by atoms with E-state index in [1.807, 2.05) is 6.92 Å². The van der Waals surface area contributed by atoms with Gasteiger partial charge in [-0.15, -0.1) is 0 Å². The highest BCUT2D eigenvalue weighted by atomic mass is 16.4. The van der Waals surface area contributed by atoms with Gasteiger partial charge in [-0.25, -0.2) is 0 Å². The summed E-state index contributed by atoms with van der Waals surface area (Å²) in [6, 6.07) is 0. The first kappa shape index (κ1) is 46.0. The molecule has 0 heterocycles. The van der Waals surface area contributed by atoms with Crippen LogP contribution in [-0.2, 0) is 9.59 Å². The molecule has 0 aromatic heterocycles. The van der Waals surface area contributed by atoms with Crippen LogP contribution in [0, 0.1) is 16.7 Å². The highest BCUT2D eigenvalue weighted by Gasteiger charge is 2.64. The molecule has 4 heteroatoms. The Morgan fingerprint density at radius 2 is 0.735 bits per heavy atom. The minimum atomic E-state index is -1.14. The van der Waals surface area contributed by atoms with Crippen LogP contribution in [0.5, 0.6) is 0 Å². The molecule has 1 aliphatic rings. The maximum Gasteiger partial charge on any atom is 0.311 e. The fourth-order valence-corrected chi connectivity index (χ4v) is 9.34. The van der Waals surface area contributed by atoms with E-state index in [0.29, 0.717) is 19.3 Å². The van der Waals surface area contributed by atoms with Crippen molar-refractivity contribution >= 4 is 11.9 Å². The van der Waals surface area contributed by atoms with E-state index in [9.17, 15) is 19.8 Å². The lowest BCUT2D eigenvalue weighted by Crippen LogP contribution is -2.58. The fraction of sp³-hybridized carbons (Fsp3) is 0.956. The first-order valence-corrected chi connectivity index (χ1v) is 22.4. The average molecular weight is 691 g/mol. The molecule has 3 atom stereocenters. The van der Waals surface area contributed by atoms with E-state index < -0.39 is 22.8 Å². The van der Waals surface area contributed by atoms with Crippen LogP contribution in [0.15, 0.2) is 0 Å². The van der Waals surface area contributed by atoms with E-state index in [0.717, 1.165) is 51.4 Å². The summed E-state index contributed by atoms with van der Waals surface area (Å²) in [5.41, 5.74) is -2.26. The van der Waals surface area contributed by atoms with Gasteiger partial charge in [-0.05, 0) is 31.6 Å². The zero-order valence-corrected chi connectivity index (χ0v) is 33.5. The Kier molecular flexibility index (Phi) is 28.7. The molecule has 1 fully saturated rings. The van der Waals surface area contributed by atoms with Gasteiger partial charge in [-0.2, -0.15) is 0 Å². The van der Waals surface area contributed by atoms with E-state index in [1.165, 1.54) is 167 Å². The molecule has 0 saturated heterocycles. The topological polar surface area (TPSA) is 74.6 Å². The molecule has 2 N–H and O–H groups in total. The molecule has 290 valence electrons. The standard InChI is InChI=1S/C45H86O4/c1-4-6-8-10-12-14-16-18-20-22-24-26-28-30-32-34-38-44(42(46)47)39-36-37-41(3)45(44,43(48)49)40-35-33-31-29-27-25-23-21-19-17-15-13-11-9-7-5-2/h41H,4-40H2,1-3H3,(H,46,47)(H,48,49). The van der Waals surface area contributed by atoms with Gasteiger partial charge in [0.1, 0.15) is 0 Å². The largest absolute Gasteiger partial charge is 0.481 e. The summed E-state index contributed by atoms with van der Waals surface area (Å²) in [6.07, 6.45) is 44.5. The van der Waals surface area contributed by atoms with Crippen molar-refractivity contribution in [2.24, 2.45) is 16.7 Å². The summed E-state index contributed by atoms with van der Waals surface area (Å²) >= 11 is 0. The second-order valence-electron chi connectivity index (χ2n) is 16.6. The highest BCUT2D eigenvalue weighted by molar-refractivity contribution is 5.87. The molecule has 49 heavy (non-hydrogen) atoms. The minimum Gasteiger partial charge on any atom is -0.481 e. The number of unbranched alkanes of at least 4 members (excludes halogenated alkanes) is 30. The van der Waals surface area contributed by atoms with Gasteiger partial charge in [-0.1, -0.05) is 233 Å². The molecule has 0 radical (unpaired) electrons. The number of hydrogen-bond acceptors (Lipinski definition) is 2. The van der Waals surface area contributed by atoms with Gasteiger partial charge in [0.2, 0.25) is 0 Å². The third kappa shape index (κ3) is 18.8. The molecule has 1 saturated carbocycles. The molecule has 0 amide bonds. The van der Waals surface area contributed by atoms with Crippen molar-refractivity contribution in [2.75, 3.05) is 0 Å². The quantitative estimate of drug-likeness (QED) is 0.0642. The predicted molar refractivity (Wildman–Crippen MR) is 211 cm³/mol. The summed E-state index contributed by atoms with van der Waals surface area (Å²) in [6.45, 7) is 6.59. The lowest BCUT2D eigenvalue weighted by molar-refractivity contribution is -0.189. The normalized spacial score (nSPS) is 20.9. The summed E-state index contributed by atoms with van der Waals surface area (Å²) in [4.78, 5) is 26.1. The number of carboxylic acids is 2. The maximum atomic E-state index is 13.1. The third-order valence-corrected chi connectivity index (χ3v) is 12.6. The lowest BCUT2D eigenvalue weighted by atomic mass is 9.48. The average Bonchev–Trinajstić information content (AvgIpc) is 3.08. The van der Waals surface area contributed by atoms with Gasteiger partial charge in [0.15, 0.2) is 0 Å². The van der Waals surface area contributed by atoms with Crippen LogP contribution in [-0.4, -0.2) is 22.2 Å². The van der Waals surface area contributed by atoms with Gasteiger partial charge in [-0.3, -0.25) is 9.59 Å². The second kappa shape index (κ2) is 30.6. The van der Waals surface area contributed by atoms with Crippen molar-refractivity contribution in [3.05, 3.63) is 0 Å². The van der Waals surface area contributed by atoms with Gasteiger partial charge < -0.3 is 10.2 Å². The Labute approximate surface area is 306 Å². The Bertz CT molecular complexity index is 780. The SMILES string of the molecule is CCCCCCCCCCCCCCCCCCC1(C(=O)O)CCCC(C)C1(CCCCCCCCCCCCCCCCCC)C(=O)O. The second-order valence-corrected chi connectivity index (χ2v) is 16.6. The Morgan fingerprint density at radius 3 is 1.02 bits per heavy atom. The zero-order chi connectivity index (χ0) is 35.9. The molecule has 0 aromatic carbocycles. The minimum absolute atomic E-state index is 0.0905. The number of carboxylic acid groups (broad SMARTS) is 2. The third-order valence-electron chi connectivity index (χ3n) is 12.6. The van der Waals surface area contributed by atoms with Crippen molar-refractivity contribution in [1.82, 2.24) is 0 Å². The van der Waals surface area contributed by atoms with E-state index in [4.69, 9.17) is 0 Å². The molecule has 3 unspecified atom stereocenters. The number of aliphatic carboxylic acids is 2. The summed E-state index contributed by atoms with van der Waals surface area (Å²) in [7, 11) is 0. The van der Waals surface area contributed by atoms with E-state index in [2.05, 4.69) is 13.8 Å². The maximum absolute atomic E-state index is 13.1. The van der Waals surface area contributed by atoms with Crippen LogP contribution >= 0.6 is 0 Å². The van der Waals surface area contributed by atoms with Gasteiger partial charge in [0, 0.05) is 0 Å². The molecule has 0 aromatic rings. The fourth-order valence-electron chi connectivity index (χ4n) is 9.34. The summed E-state index contributed by atoms with van der Waals surface area (Å²) in [5, 5.41) is 21.4. The van der Waals surface area contributed by atoms with Crippen LogP contribution < -0.4 is 0 Å². The zero-order valence-electron chi connectivity index (χ0n) is 33.5. The first-order chi connectivity index (χ1) is 23.9. The number of rotatable bonds is 36. The smallest absolute Gasteiger partial charge is 0.311 e. The highest BCUT2D eigenvalue weighted by Crippen LogP contribution is 2.59. The van der Waals surface area contributed by atoms with Crippen molar-refractivity contribution in [2.45, 2.75) is 258 Å². The molecule has 4 nitrogen and oxygen atoms in total. The number of carbonyl (C=O) groups is 2. The van der Waals surface area contributed by atoms with Crippen molar-refractivity contribution in [3.63, 3.8) is 0 Å². The molecule has 1 rings (SSSR count). The number of hydrogen-bond donors (Lipinski definition) is 2. The lowest BCUT2D eigenvalue weighted by Gasteiger charge is -2.52. The first-order valence-electron chi connectivity index (χ1n) is 22.4. The van der Waals surface area contributed by atoms with Crippen LogP contribution in [0.25, 0.3) is 0 Å². The molecule has 0 spiro atoms. The van der Waals surface area contributed by atoms with Gasteiger partial charge >= 0.3 is 11.9 Å². The van der Waals surface area contributed by atoms with Crippen LogP contribution in [0.3, 0.4) is 0 Å². The van der Waals surface area contributed by atoms with Crippen molar-refractivity contribution in [3.8, 4) is 0 Å².